The number of aromatic nitrogens is 2. The number of ether oxygens (including phenoxy) is 1. The zero-order valence-electron chi connectivity index (χ0n) is 13.4. The molecular formula is C16H20N6O2. The van der Waals surface area contributed by atoms with Crippen LogP contribution in [-0.2, 0) is 0 Å². The summed E-state index contributed by atoms with van der Waals surface area (Å²) in [6, 6.07) is 7.81. The Bertz CT molecular complexity index is 749. The summed E-state index contributed by atoms with van der Waals surface area (Å²) in [7, 11) is 0. The van der Waals surface area contributed by atoms with Gasteiger partial charge >= 0.3 is 0 Å². The van der Waals surface area contributed by atoms with Crippen molar-refractivity contribution in [2.75, 3.05) is 30.5 Å². The monoisotopic (exact) mass is 328 g/mol. The van der Waals surface area contributed by atoms with E-state index in [9.17, 15) is 4.79 Å². The van der Waals surface area contributed by atoms with Crippen LogP contribution in [0.3, 0.4) is 0 Å². The van der Waals surface area contributed by atoms with Gasteiger partial charge in [0.05, 0.1) is 0 Å². The van der Waals surface area contributed by atoms with Gasteiger partial charge in [0.2, 0.25) is 11.8 Å². The van der Waals surface area contributed by atoms with Crippen LogP contribution in [0.2, 0.25) is 0 Å². The quantitative estimate of drug-likeness (QED) is 0.592. The highest BCUT2D eigenvalue weighted by atomic mass is 16.5. The van der Waals surface area contributed by atoms with Gasteiger partial charge in [-0.15, -0.1) is 0 Å². The van der Waals surface area contributed by atoms with Crippen LogP contribution in [0.1, 0.15) is 22.3 Å². The van der Waals surface area contributed by atoms with E-state index in [0.717, 1.165) is 17.7 Å². The lowest BCUT2D eigenvalue weighted by molar-refractivity contribution is 0.0879. The van der Waals surface area contributed by atoms with Gasteiger partial charge in [-0.1, -0.05) is 12.1 Å². The Balaban J connectivity index is 1.95. The van der Waals surface area contributed by atoms with Crippen LogP contribution in [0, 0.1) is 6.92 Å². The number of hydrogen-bond acceptors (Lipinski definition) is 7. The smallest absolute Gasteiger partial charge is 0.263 e. The van der Waals surface area contributed by atoms with Gasteiger partial charge in [-0.2, -0.15) is 9.97 Å². The van der Waals surface area contributed by atoms with Crippen molar-refractivity contribution in [2.24, 2.45) is 5.73 Å². The number of rotatable bonds is 6. The molecule has 0 radical (unpaired) electrons. The SMILES string of the molecule is Cc1cccc(Nc2nc(NCCCN)nc3c2C(=O)NCO3)c1. The van der Waals surface area contributed by atoms with Crippen molar-refractivity contribution in [1.29, 1.82) is 0 Å². The van der Waals surface area contributed by atoms with Crippen molar-refractivity contribution in [3.63, 3.8) is 0 Å². The minimum absolute atomic E-state index is 0.0922. The Morgan fingerprint density at radius 3 is 3.04 bits per heavy atom. The normalized spacial score (nSPS) is 12.8. The zero-order valence-corrected chi connectivity index (χ0v) is 13.4. The number of carbonyl (C=O) groups is 1. The zero-order chi connectivity index (χ0) is 16.9. The Morgan fingerprint density at radius 2 is 2.25 bits per heavy atom. The van der Waals surface area contributed by atoms with E-state index in [0.29, 0.717) is 30.4 Å². The van der Waals surface area contributed by atoms with Crippen LogP contribution < -0.4 is 26.4 Å². The number of anilines is 3. The van der Waals surface area contributed by atoms with Crippen molar-refractivity contribution >= 4 is 23.4 Å². The van der Waals surface area contributed by atoms with Gasteiger partial charge in [0.1, 0.15) is 5.56 Å². The number of nitrogens with zero attached hydrogens (tertiary/aromatic N) is 2. The first-order valence-corrected chi connectivity index (χ1v) is 7.78. The lowest BCUT2D eigenvalue weighted by Gasteiger charge is -2.20. The predicted octanol–water partition coefficient (Wildman–Crippen LogP) is 1.37. The van der Waals surface area contributed by atoms with Gasteiger partial charge in [-0.3, -0.25) is 4.79 Å². The van der Waals surface area contributed by atoms with Crippen LogP contribution >= 0.6 is 0 Å². The maximum Gasteiger partial charge on any atom is 0.263 e. The second kappa shape index (κ2) is 7.14. The van der Waals surface area contributed by atoms with E-state index >= 15 is 0 Å². The van der Waals surface area contributed by atoms with E-state index in [1.807, 2.05) is 31.2 Å². The van der Waals surface area contributed by atoms with Crippen molar-refractivity contribution < 1.29 is 9.53 Å². The highest BCUT2D eigenvalue weighted by Crippen LogP contribution is 2.29. The Kier molecular flexibility index (Phi) is 4.76. The average Bonchev–Trinajstić information content (AvgIpc) is 2.55. The molecule has 1 aromatic heterocycles. The number of hydrogen-bond donors (Lipinski definition) is 4. The minimum atomic E-state index is -0.264. The lowest BCUT2D eigenvalue weighted by atomic mass is 10.2. The summed E-state index contributed by atoms with van der Waals surface area (Å²) in [5.74, 6) is 0.796. The molecule has 0 bridgehead atoms. The maximum absolute atomic E-state index is 12.2. The van der Waals surface area contributed by atoms with Crippen molar-refractivity contribution in [3.05, 3.63) is 35.4 Å². The highest BCUT2D eigenvalue weighted by molar-refractivity contribution is 6.02. The summed E-state index contributed by atoms with van der Waals surface area (Å²) >= 11 is 0. The molecule has 0 spiro atoms. The molecule has 24 heavy (non-hydrogen) atoms. The molecule has 0 unspecified atom stereocenters. The Hall–Kier alpha value is -2.87. The van der Waals surface area contributed by atoms with E-state index in [1.54, 1.807) is 0 Å². The largest absolute Gasteiger partial charge is 0.456 e. The summed E-state index contributed by atoms with van der Waals surface area (Å²) in [5, 5.41) is 8.90. The second-order valence-electron chi connectivity index (χ2n) is 5.43. The third-order valence-electron chi connectivity index (χ3n) is 3.49. The first-order valence-electron chi connectivity index (χ1n) is 7.78. The summed E-state index contributed by atoms with van der Waals surface area (Å²) < 4.78 is 5.46. The first-order chi connectivity index (χ1) is 11.7. The number of amides is 1. The lowest BCUT2D eigenvalue weighted by Crippen LogP contribution is -2.34. The topological polar surface area (TPSA) is 114 Å². The average molecular weight is 328 g/mol. The first kappa shape index (κ1) is 16.0. The molecule has 8 heteroatoms. The number of nitrogens with one attached hydrogen (secondary N) is 3. The van der Waals surface area contributed by atoms with E-state index in [4.69, 9.17) is 10.5 Å². The predicted molar refractivity (Wildman–Crippen MR) is 91.6 cm³/mol. The van der Waals surface area contributed by atoms with Gasteiger partial charge in [0.15, 0.2) is 12.5 Å². The van der Waals surface area contributed by atoms with E-state index in [1.165, 1.54) is 0 Å². The molecule has 1 aliphatic heterocycles. The Morgan fingerprint density at radius 1 is 1.38 bits per heavy atom. The fourth-order valence-electron chi connectivity index (χ4n) is 2.34. The van der Waals surface area contributed by atoms with Gasteiger partial charge in [-0.25, -0.2) is 0 Å². The van der Waals surface area contributed by atoms with Gasteiger partial charge in [0, 0.05) is 12.2 Å². The number of aryl methyl sites for hydroxylation is 1. The van der Waals surface area contributed by atoms with Gasteiger partial charge in [0.25, 0.3) is 5.91 Å². The highest BCUT2D eigenvalue weighted by Gasteiger charge is 2.26. The van der Waals surface area contributed by atoms with E-state index in [2.05, 4.69) is 25.9 Å². The number of benzene rings is 1. The molecular weight excluding hydrogens is 308 g/mol. The molecule has 8 nitrogen and oxygen atoms in total. The molecule has 0 aliphatic carbocycles. The van der Waals surface area contributed by atoms with Crippen molar-refractivity contribution in [3.8, 4) is 5.88 Å². The van der Waals surface area contributed by atoms with Crippen LogP contribution in [0.15, 0.2) is 24.3 Å². The molecule has 5 N–H and O–H groups in total. The molecule has 2 heterocycles. The second-order valence-corrected chi connectivity index (χ2v) is 5.43. The molecule has 0 saturated carbocycles. The third-order valence-corrected chi connectivity index (χ3v) is 3.49. The molecule has 0 saturated heterocycles. The molecule has 1 aliphatic rings. The fourth-order valence-corrected chi connectivity index (χ4v) is 2.34. The van der Waals surface area contributed by atoms with Crippen LogP contribution in [0.25, 0.3) is 0 Å². The molecule has 0 atom stereocenters. The van der Waals surface area contributed by atoms with Crippen LogP contribution in [0.4, 0.5) is 17.5 Å². The maximum atomic E-state index is 12.2. The fraction of sp³-hybridized carbons (Fsp3) is 0.312. The molecule has 1 amide bonds. The molecule has 2 aromatic rings. The third kappa shape index (κ3) is 3.54. The standard InChI is InChI=1S/C16H20N6O2/c1-10-4-2-5-11(8-10)20-13-12-14(23)19-9-24-15(12)22-16(21-13)18-7-3-6-17/h2,4-5,8H,3,6-7,9,17H2,1H3,(H,19,23)(H2,18,20,21,22). The molecule has 0 fully saturated rings. The van der Waals surface area contributed by atoms with Crippen molar-refractivity contribution in [1.82, 2.24) is 15.3 Å². The molecule has 3 rings (SSSR count). The minimum Gasteiger partial charge on any atom is -0.456 e. The molecule has 126 valence electrons. The Labute approximate surface area is 139 Å². The summed E-state index contributed by atoms with van der Waals surface area (Å²) in [4.78, 5) is 20.9. The van der Waals surface area contributed by atoms with E-state index < -0.39 is 0 Å². The van der Waals surface area contributed by atoms with Gasteiger partial charge < -0.3 is 26.4 Å². The number of nitrogens with two attached hydrogens (primary N) is 1. The summed E-state index contributed by atoms with van der Waals surface area (Å²) in [6.45, 7) is 3.31. The van der Waals surface area contributed by atoms with Crippen molar-refractivity contribution in [2.45, 2.75) is 13.3 Å². The van der Waals surface area contributed by atoms with E-state index in [-0.39, 0.29) is 18.5 Å². The number of carbonyl (C=O) groups excluding carboxylic acids is 1. The summed E-state index contributed by atoms with van der Waals surface area (Å²) in [6.07, 6.45) is 0.794. The van der Waals surface area contributed by atoms with Crippen LogP contribution in [-0.4, -0.2) is 35.7 Å². The summed E-state index contributed by atoms with van der Waals surface area (Å²) in [5.41, 5.74) is 7.73. The van der Waals surface area contributed by atoms with Crippen LogP contribution in [0.5, 0.6) is 5.88 Å². The molecule has 1 aromatic carbocycles. The van der Waals surface area contributed by atoms with Gasteiger partial charge in [-0.05, 0) is 37.6 Å². The number of fused-ring (bicyclic) bond motifs is 1.